The number of anilines is 1. The summed E-state index contributed by atoms with van der Waals surface area (Å²) in [5.41, 5.74) is 2.43. The van der Waals surface area contributed by atoms with Gasteiger partial charge in [0.25, 0.3) is 5.91 Å². The van der Waals surface area contributed by atoms with E-state index < -0.39 is 5.97 Å². The molecule has 0 bridgehead atoms. The molecule has 0 atom stereocenters. The van der Waals surface area contributed by atoms with Crippen molar-refractivity contribution >= 4 is 46.3 Å². The number of carboxylic acids is 1. The third kappa shape index (κ3) is 2.57. The predicted octanol–water partition coefficient (Wildman–Crippen LogP) is 4.16. The normalized spacial score (nSPS) is 16.0. The molecule has 0 unspecified atom stereocenters. The van der Waals surface area contributed by atoms with Gasteiger partial charge in [-0.25, -0.2) is 8.88 Å². The van der Waals surface area contributed by atoms with Gasteiger partial charge < -0.3 is 10.0 Å². The second-order valence-electron chi connectivity index (χ2n) is 6.08. The minimum absolute atomic E-state index is 0.0358. The first kappa shape index (κ1) is 16.4. The zero-order chi connectivity index (χ0) is 18.3. The van der Waals surface area contributed by atoms with Crippen LogP contribution in [0.3, 0.4) is 0 Å². The van der Waals surface area contributed by atoms with Gasteiger partial charge in [0, 0.05) is 40.5 Å². The number of nitrogens with zero attached hydrogens (tertiary/aromatic N) is 2. The van der Waals surface area contributed by atoms with E-state index in [9.17, 15) is 14.7 Å². The Morgan fingerprint density at radius 2 is 1.77 bits per heavy atom. The molecule has 6 heteroatoms. The van der Waals surface area contributed by atoms with E-state index in [0.717, 1.165) is 9.77 Å². The first-order valence-electron chi connectivity index (χ1n) is 8.18. The molecule has 26 heavy (non-hydrogen) atoms. The Balaban J connectivity index is 1.81. The minimum atomic E-state index is -1.13. The fraction of sp³-hybridized carbons (Fsp3) is 0.100. The number of hydrogen-bond acceptors (Lipinski definition) is 2. The van der Waals surface area contributed by atoms with Gasteiger partial charge >= 0.3 is 5.97 Å². The molecule has 1 N–H and O–H groups in total. The Kier molecular flexibility index (Phi) is 4.01. The van der Waals surface area contributed by atoms with Crippen LogP contribution < -0.4 is 4.90 Å². The maximum atomic E-state index is 12.8. The van der Waals surface area contributed by atoms with Crippen LogP contribution in [0, 0.1) is 0 Å². The van der Waals surface area contributed by atoms with E-state index in [1.165, 1.54) is 0 Å². The summed E-state index contributed by atoms with van der Waals surface area (Å²) in [4.78, 5) is 26.2. The number of para-hydroxylation sites is 2. The zero-order valence-electron chi connectivity index (χ0n) is 13.7. The molecule has 4 rings (SSSR count). The molecular formula is C20H15ClN2O3. The summed E-state index contributed by atoms with van der Waals surface area (Å²) in [6.07, 6.45) is 2.21. The van der Waals surface area contributed by atoms with Crippen LogP contribution in [0.5, 0.6) is 0 Å². The summed E-state index contributed by atoms with van der Waals surface area (Å²) in [7, 11) is 0. The molecule has 0 saturated carbocycles. The van der Waals surface area contributed by atoms with Gasteiger partial charge in [0.1, 0.15) is 0 Å². The molecule has 1 fully saturated rings. The molecule has 2 heterocycles. The van der Waals surface area contributed by atoms with Crippen LogP contribution in [0.2, 0.25) is 0 Å². The van der Waals surface area contributed by atoms with Crippen LogP contribution in [-0.2, 0) is 4.79 Å². The fourth-order valence-corrected chi connectivity index (χ4v) is 3.66. The summed E-state index contributed by atoms with van der Waals surface area (Å²) in [5.74, 6) is -1.24. The Morgan fingerprint density at radius 3 is 2.50 bits per heavy atom. The highest BCUT2D eigenvalue weighted by Crippen LogP contribution is 2.32. The number of carbonyl (C=O) groups is 2. The topological polar surface area (TPSA) is 62.5 Å². The second kappa shape index (κ2) is 6.35. The van der Waals surface area contributed by atoms with Crippen molar-refractivity contribution in [2.24, 2.45) is 0 Å². The van der Waals surface area contributed by atoms with Crippen molar-refractivity contribution in [1.82, 2.24) is 4.09 Å². The third-order valence-electron chi connectivity index (χ3n) is 4.57. The number of halogens is 1. The molecule has 3 aromatic rings. The van der Waals surface area contributed by atoms with Crippen molar-refractivity contribution in [3.63, 3.8) is 0 Å². The van der Waals surface area contributed by atoms with Gasteiger partial charge in [-0.2, -0.15) is 0 Å². The predicted molar refractivity (Wildman–Crippen MR) is 102 cm³/mol. The van der Waals surface area contributed by atoms with E-state index in [0.29, 0.717) is 35.0 Å². The number of amides is 1. The summed E-state index contributed by atoms with van der Waals surface area (Å²) >= 11 is 6.21. The summed E-state index contributed by atoms with van der Waals surface area (Å²) in [5, 5.41) is 10.3. The smallest absolute Gasteiger partial charge is 0.354 e. The highest BCUT2D eigenvalue weighted by Gasteiger charge is 2.29. The lowest BCUT2D eigenvalue weighted by Gasteiger charge is -2.14. The monoisotopic (exact) mass is 366 g/mol. The quantitative estimate of drug-likeness (QED) is 0.708. The van der Waals surface area contributed by atoms with Crippen LogP contribution in [0.1, 0.15) is 22.5 Å². The highest BCUT2D eigenvalue weighted by atomic mass is 35.5. The van der Waals surface area contributed by atoms with Crippen LogP contribution in [-0.4, -0.2) is 27.6 Å². The van der Waals surface area contributed by atoms with Crippen LogP contribution in [0.25, 0.3) is 17.0 Å². The molecule has 2 aromatic carbocycles. The number of carboxylic acid groups (broad SMARTS) is 1. The summed E-state index contributed by atoms with van der Waals surface area (Å²) in [6, 6.07) is 16.6. The van der Waals surface area contributed by atoms with Crippen molar-refractivity contribution in [2.75, 3.05) is 11.4 Å². The maximum absolute atomic E-state index is 12.8. The Morgan fingerprint density at radius 1 is 1.08 bits per heavy atom. The van der Waals surface area contributed by atoms with Crippen LogP contribution >= 0.6 is 11.8 Å². The lowest BCUT2D eigenvalue weighted by Crippen LogP contribution is -2.24. The molecule has 0 aliphatic carbocycles. The average Bonchev–Trinajstić information content (AvgIpc) is 3.15. The molecule has 130 valence electrons. The Hall–Kier alpha value is -3.05. The standard InChI is InChI=1S/C20H15ClN2O3/c21-23-17-9-5-4-8-15(17)16(18(23)20(25)26)12-13-10-11-22(19(13)24)14-6-2-1-3-7-14/h1-9,12H,10-11H2,(H,25,26). The average molecular weight is 367 g/mol. The molecular weight excluding hydrogens is 352 g/mol. The van der Waals surface area contributed by atoms with Crippen molar-refractivity contribution in [1.29, 1.82) is 0 Å². The lowest BCUT2D eigenvalue weighted by atomic mass is 10.1. The lowest BCUT2D eigenvalue weighted by molar-refractivity contribution is -0.114. The Bertz CT molecular complexity index is 1050. The molecule has 1 aliphatic rings. The number of aromatic carboxylic acids is 1. The number of aromatic nitrogens is 1. The van der Waals surface area contributed by atoms with Gasteiger partial charge in [-0.1, -0.05) is 36.4 Å². The summed E-state index contributed by atoms with van der Waals surface area (Å²) in [6.45, 7) is 0.566. The molecule has 1 aromatic heterocycles. The molecule has 0 radical (unpaired) electrons. The van der Waals surface area contributed by atoms with E-state index in [-0.39, 0.29) is 11.6 Å². The van der Waals surface area contributed by atoms with Crippen molar-refractivity contribution in [3.8, 4) is 0 Å². The van der Waals surface area contributed by atoms with E-state index in [2.05, 4.69) is 0 Å². The molecule has 1 aliphatic heterocycles. The van der Waals surface area contributed by atoms with Gasteiger partial charge in [0.05, 0.1) is 5.52 Å². The molecule has 1 amide bonds. The third-order valence-corrected chi connectivity index (χ3v) is 4.92. The van der Waals surface area contributed by atoms with Gasteiger partial charge in [-0.3, -0.25) is 4.79 Å². The van der Waals surface area contributed by atoms with Crippen LogP contribution in [0.4, 0.5) is 5.69 Å². The highest BCUT2D eigenvalue weighted by molar-refractivity contribution is 6.24. The van der Waals surface area contributed by atoms with Crippen LogP contribution in [0.15, 0.2) is 60.2 Å². The molecule has 5 nitrogen and oxygen atoms in total. The van der Waals surface area contributed by atoms with E-state index in [1.54, 1.807) is 29.2 Å². The SMILES string of the molecule is O=C(O)c1c(C=C2CCN(c3ccccc3)C2=O)c2ccccc2n1Cl. The maximum Gasteiger partial charge on any atom is 0.354 e. The van der Waals surface area contributed by atoms with E-state index in [1.807, 2.05) is 36.4 Å². The number of benzene rings is 2. The van der Waals surface area contributed by atoms with Crippen molar-refractivity contribution < 1.29 is 14.7 Å². The number of carbonyl (C=O) groups excluding carboxylic acids is 1. The van der Waals surface area contributed by atoms with E-state index >= 15 is 0 Å². The second-order valence-corrected chi connectivity index (χ2v) is 6.42. The van der Waals surface area contributed by atoms with Gasteiger partial charge in [-0.05, 0) is 30.7 Å². The van der Waals surface area contributed by atoms with Gasteiger partial charge in [0.2, 0.25) is 0 Å². The molecule has 0 spiro atoms. The fourth-order valence-electron chi connectivity index (χ4n) is 3.35. The number of hydrogen-bond donors (Lipinski definition) is 1. The van der Waals surface area contributed by atoms with E-state index in [4.69, 9.17) is 11.8 Å². The van der Waals surface area contributed by atoms with Crippen molar-refractivity contribution in [2.45, 2.75) is 6.42 Å². The largest absolute Gasteiger partial charge is 0.477 e. The van der Waals surface area contributed by atoms with Gasteiger partial charge in [-0.15, -0.1) is 0 Å². The minimum Gasteiger partial charge on any atom is -0.477 e. The van der Waals surface area contributed by atoms with Crippen molar-refractivity contribution in [3.05, 3.63) is 71.4 Å². The zero-order valence-corrected chi connectivity index (χ0v) is 14.5. The first-order chi connectivity index (χ1) is 12.6. The first-order valence-corrected chi connectivity index (χ1v) is 8.52. The Labute approximate surface area is 154 Å². The molecule has 1 saturated heterocycles. The number of fused-ring (bicyclic) bond motifs is 1. The van der Waals surface area contributed by atoms with Gasteiger partial charge in [0.15, 0.2) is 5.69 Å². The summed E-state index contributed by atoms with van der Waals surface area (Å²) < 4.78 is 1.14. The number of rotatable bonds is 3.